The minimum absolute atomic E-state index is 0.00209. The minimum atomic E-state index is -4.50. The van der Waals surface area contributed by atoms with Crippen molar-refractivity contribution in [3.8, 4) is 0 Å². The van der Waals surface area contributed by atoms with Gasteiger partial charge < -0.3 is 14.7 Å². The molecule has 0 aromatic heterocycles. The first kappa shape index (κ1) is 22.8. The van der Waals surface area contributed by atoms with Crippen molar-refractivity contribution in [1.29, 1.82) is 0 Å². The van der Waals surface area contributed by atoms with Crippen molar-refractivity contribution >= 4 is 29.0 Å². The average molecular weight is 459 g/mol. The average Bonchev–Trinajstić information content (AvgIpc) is 3.20. The molecule has 4 rings (SSSR count). The van der Waals surface area contributed by atoms with E-state index in [4.69, 9.17) is 0 Å². The molecular weight excluding hydrogens is 435 g/mol. The molecule has 0 bridgehead atoms. The Hall–Kier alpha value is -3.36. The summed E-state index contributed by atoms with van der Waals surface area (Å²) in [5, 5.41) is 0. The second-order valence-electron chi connectivity index (χ2n) is 8.37. The van der Waals surface area contributed by atoms with Crippen LogP contribution in [-0.2, 0) is 15.8 Å². The van der Waals surface area contributed by atoms with Crippen LogP contribution in [0, 0.1) is 5.92 Å². The third-order valence-electron chi connectivity index (χ3n) is 6.19. The van der Waals surface area contributed by atoms with Crippen LogP contribution in [0.25, 0.3) is 0 Å². The Morgan fingerprint density at radius 2 is 1.61 bits per heavy atom. The van der Waals surface area contributed by atoms with E-state index < -0.39 is 17.7 Å². The zero-order chi connectivity index (χ0) is 23.8. The Morgan fingerprint density at radius 3 is 2.21 bits per heavy atom. The smallest absolute Gasteiger partial charge is 0.368 e. The molecule has 1 atom stereocenters. The predicted molar refractivity (Wildman–Crippen MR) is 117 cm³/mol. The molecular formula is C24H24F3N3O3. The number of piperazine rings is 1. The third kappa shape index (κ3) is 4.86. The van der Waals surface area contributed by atoms with Gasteiger partial charge in [-0.15, -0.1) is 0 Å². The van der Waals surface area contributed by atoms with Crippen LogP contribution in [-0.4, -0.2) is 55.2 Å². The van der Waals surface area contributed by atoms with Gasteiger partial charge in [-0.2, -0.15) is 13.2 Å². The Morgan fingerprint density at radius 1 is 0.939 bits per heavy atom. The molecule has 1 unspecified atom stereocenters. The van der Waals surface area contributed by atoms with E-state index in [0.29, 0.717) is 31.7 Å². The summed E-state index contributed by atoms with van der Waals surface area (Å²) in [6.07, 6.45) is -4.51. The second kappa shape index (κ2) is 8.88. The van der Waals surface area contributed by atoms with Crippen molar-refractivity contribution in [1.82, 2.24) is 4.90 Å². The summed E-state index contributed by atoms with van der Waals surface area (Å²) < 4.78 is 39.1. The fourth-order valence-corrected chi connectivity index (χ4v) is 4.32. The van der Waals surface area contributed by atoms with Crippen molar-refractivity contribution in [3.63, 3.8) is 0 Å². The molecule has 2 amide bonds. The summed E-state index contributed by atoms with van der Waals surface area (Å²) in [6, 6.07) is 12.0. The normalized spacial score (nSPS) is 19.2. The van der Waals surface area contributed by atoms with Crippen LogP contribution in [0.4, 0.5) is 24.5 Å². The quantitative estimate of drug-likeness (QED) is 0.656. The zero-order valence-corrected chi connectivity index (χ0v) is 18.1. The van der Waals surface area contributed by atoms with Gasteiger partial charge in [0.05, 0.1) is 11.5 Å². The monoisotopic (exact) mass is 459 g/mol. The number of rotatable bonds is 4. The topological polar surface area (TPSA) is 60.9 Å². The van der Waals surface area contributed by atoms with Crippen LogP contribution >= 0.6 is 0 Å². The number of hydrogen-bond acceptors (Lipinski definition) is 4. The van der Waals surface area contributed by atoms with E-state index in [0.717, 1.165) is 17.8 Å². The number of hydrogen-bond donors (Lipinski definition) is 0. The highest BCUT2D eigenvalue weighted by atomic mass is 19.4. The van der Waals surface area contributed by atoms with E-state index in [9.17, 15) is 27.6 Å². The number of benzene rings is 2. The standard InChI is InChI=1S/C24H24F3N3O3/c1-16(31)17-5-7-20(8-6-17)28-9-11-29(12-10-28)23(33)18-13-22(32)30(15-18)21-4-2-3-19(14-21)24(25,26)27/h2-8,14,18H,9-13,15H2,1H3. The molecule has 0 spiro atoms. The Bertz CT molecular complexity index is 1060. The molecule has 2 aliphatic heterocycles. The van der Waals surface area contributed by atoms with Gasteiger partial charge in [0.1, 0.15) is 0 Å². The number of anilines is 2. The lowest BCUT2D eigenvalue weighted by molar-refractivity contribution is -0.137. The lowest BCUT2D eigenvalue weighted by Crippen LogP contribution is -2.50. The van der Waals surface area contributed by atoms with E-state index >= 15 is 0 Å². The van der Waals surface area contributed by atoms with Gasteiger partial charge in [-0.05, 0) is 49.4 Å². The molecule has 33 heavy (non-hydrogen) atoms. The number of carbonyl (C=O) groups is 3. The van der Waals surface area contributed by atoms with E-state index in [2.05, 4.69) is 4.90 Å². The van der Waals surface area contributed by atoms with Gasteiger partial charge in [-0.1, -0.05) is 6.07 Å². The van der Waals surface area contributed by atoms with Crippen LogP contribution in [0.2, 0.25) is 0 Å². The summed E-state index contributed by atoms with van der Waals surface area (Å²) in [4.78, 5) is 42.1. The molecule has 174 valence electrons. The fourth-order valence-electron chi connectivity index (χ4n) is 4.32. The van der Waals surface area contributed by atoms with E-state index in [1.807, 2.05) is 12.1 Å². The minimum Gasteiger partial charge on any atom is -0.368 e. The summed E-state index contributed by atoms with van der Waals surface area (Å²) in [6.45, 7) is 3.79. The second-order valence-corrected chi connectivity index (χ2v) is 8.37. The Balaban J connectivity index is 1.37. The maximum atomic E-state index is 13.0. The van der Waals surface area contributed by atoms with Crippen LogP contribution in [0.3, 0.4) is 0 Å². The molecule has 2 saturated heterocycles. The molecule has 2 aromatic carbocycles. The molecule has 6 nitrogen and oxygen atoms in total. The van der Waals surface area contributed by atoms with Crippen molar-refractivity contribution in [2.75, 3.05) is 42.5 Å². The number of nitrogens with zero attached hydrogens (tertiary/aromatic N) is 3. The molecule has 0 radical (unpaired) electrons. The van der Waals surface area contributed by atoms with E-state index in [1.54, 1.807) is 17.0 Å². The number of alkyl halides is 3. The first-order chi connectivity index (χ1) is 15.6. The van der Waals surface area contributed by atoms with Crippen molar-refractivity contribution in [3.05, 3.63) is 59.7 Å². The van der Waals surface area contributed by atoms with Crippen LogP contribution in [0.5, 0.6) is 0 Å². The number of amides is 2. The number of ketones is 1. The fraction of sp³-hybridized carbons (Fsp3) is 0.375. The largest absolute Gasteiger partial charge is 0.416 e. The van der Waals surface area contributed by atoms with Gasteiger partial charge in [0.15, 0.2) is 5.78 Å². The molecule has 0 aliphatic carbocycles. The predicted octanol–water partition coefficient (Wildman–Crippen LogP) is 3.61. The SMILES string of the molecule is CC(=O)c1ccc(N2CCN(C(=O)C3CC(=O)N(c4cccc(C(F)(F)F)c4)C3)CC2)cc1. The first-order valence-corrected chi connectivity index (χ1v) is 10.8. The van der Waals surface area contributed by atoms with Gasteiger partial charge >= 0.3 is 6.18 Å². The van der Waals surface area contributed by atoms with E-state index in [1.165, 1.54) is 24.0 Å². The molecule has 0 N–H and O–H groups in total. The molecule has 2 aliphatic rings. The van der Waals surface area contributed by atoms with Crippen LogP contribution in [0.1, 0.15) is 29.3 Å². The van der Waals surface area contributed by atoms with Crippen molar-refractivity contribution in [2.45, 2.75) is 19.5 Å². The lowest BCUT2D eigenvalue weighted by Gasteiger charge is -2.37. The maximum absolute atomic E-state index is 13.0. The van der Waals surface area contributed by atoms with Gasteiger partial charge in [0, 0.05) is 56.1 Å². The number of Topliss-reactive ketones (excluding diaryl/α,β-unsaturated/α-hetero) is 1. The number of halogens is 3. The highest BCUT2D eigenvalue weighted by Crippen LogP contribution is 2.34. The number of carbonyl (C=O) groups excluding carboxylic acids is 3. The van der Waals surface area contributed by atoms with Crippen LogP contribution in [0.15, 0.2) is 48.5 Å². The Kier molecular flexibility index (Phi) is 6.14. The van der Waals surface area contributed by atoms with Gasteiger partial charge in [0.25, 0.3) is 0 Å². The van der Waals surface area contributed by atoms with Crippen molar-refractivity contribution < 1.29 is 27.6 Å². The summed E-state index contributed by atoms with van der Waals surface area (Å²) >= 11 is 0. The molecule has 0 saturated carbocycles. The maximum Gasteiger partial charge on any atom is 0.416 e. The Labute approximate surface area is 189 Å². The van der Waals surface area contributed by atoms with Gasteiger partial charge in [0.2, 0.25) is 11.8 Å². The zero-order valence-electron chi connectivity index (χ0n) is 18.1. The molecule has 9 heteroatoms. The van der Waals surface area contributed by atoms with Gasteiger partial charge in [-0.3, -0.25) is 14.4 Å². The van der Waals surface area contributed by atoms with E-state index in [-0.39, 0.29) is 36.3 Å². The highest BCUT2D eigenvalue weighted by molar-refractivity contribution is 6.00. The third-order valence-corrected chi connectivity index (χ3v) is 6.19. The summed E-state index contributed by atoms with van der Waals surface area (Å²) in [7, 11) is 0. The molecule has 2 heterocycles. The first-order valence-electron chi connectivity index (χ1n) is 10.8. The van der Waals surface area contributed by atoms with Crippen LogP contribution < -0.4 is 9.80 Å². The summed E-state index contributed by atoms with van der Waals surface area (Å²) in [5.41, 5.74) is 0.946. The van der Waals surface area contributed by atoms with Gasteiger partial charge in [-0.25, -0.2) is 0 Å². The summed E-state index contributed by atoms with van der Waals surface area (Å²) in [5.74, 6) is -1.07. The molecule has 2 fully saturated rings. The van der Waals surface area contributed by atoms with Crippen molar-refractivity contribution in [2.24, 2.45) is 5.92 Å². The highest BCUT2D eigenvalue weighted by Gasteiger charge is 2.39. The molecule has 2 aromatic rings. The lowest BCUT2D eigenvalue weighted by atomic mass is 10.1.